The first-order valence-electron chi connectivity index (χ1n) is 6.49. The molecule has 1 aliphatic heterocycles. The van der Waals surface area contributed by atoms with Crippen molar-refractivity contribution >= 4 is 27.5 Å². The van der Waals surface area contributed by atoms with Crippen molar-refractivity contribution in [1.29, 1.82) is 0 Å². The zero-order valence-electron chi connectivity index (χ0n) is 11.3. The van der Waals surface area contributed by atoms with Crippen molar-refractivity contribution in [2.24, 2.45) is 11.1 Å². The summed E-state index contributed by atoms with van der Waals surface area (Å²) in [6.45, 7) is 3.40. The van der Waals surface area contributed by atoms with E-state index in [1.165, 1.54) is 15.6 Å². The number of nitrogens with one attached hydrogen (secondary N) is 1. The van der Waals surface area contributed by atoms with Crippen LogP contribution in [0, 0.1) is 12.8 Å². The first kappa shape index (κ1) is 15.4. The van der Waals surface area contributed by atoms with E-state index in [9.17, 15) is 13.2 Å². The number of thiophene rings is 1. The molecule has 1 aliphatic rings. The van der Waals surface area contributed by atoms with Crippen molar-refractivity contribution in [3.8, 4) is 0 Å². The van der Waals surface area contributed by atoms with Crippen LogP contribution in [0.4, 0.5) is 0 Å². The highest BCUT2D eigenvalue weighted by molar-refractivity contribution is 7.86. The van der Waals surface area contributed by atoms with Crippen molar-refractivity contribution in [1.82, 2.24) is 9.62 Å². The lowest BCUT2D eigenvalue weighted by Gasteiger charge is -2.29. The van der Waals surface area contributed by atoms with Gasteiger partial charge in [0.1, 0.15) is 0 Å². The van der Waals surface area contributed by atoms with Crippen molar-refractivity contribution < 1.29 is 13.2 Å². The van der Waals surface area contributed by atoms with E-state index in [0.29, 0.717) is 30.4 Å². The predicted octanol–water partition coefficient (Wildman–Crippen LogP) is 0.702. The number of piperidine rings is 1. The molecule has 1 saturated heterocycles. The zero-order chi connectivity index (χ0) is 14.8. The fraction of sp³-hybridized carbons (Fsp3) is 0.583. The standard InChI is InChI=1S/C12H19N3O3S2/c1-9-2-3-11(19-9)12(16)14-8-10-4-6-15(7-5-10)20(13,17)18/h2-3,10H,4-8H2,1H3,(H,14,16)(H2,13,17,18). The topological polar surface area (TPSA) is 92.5 Å². The molecule has 3 N–H and O–H groups in total. The van der Waals surface area contributed by atoms with E-state index in [0.717, 1.165) is 17.7 Å². The van der Waals surface area contributed by atoms with Crippen LogP contribution in [-0.2, 0) is 10.2 Å². The number of aryl methyl sites for hydroxylation is 1. The Kier molecular flexibility index (Phi) is 4.79. The van der Waals surface area contributed by atoms with E-state index >= 15 is 0 Å². The van der Waals surface area contributed by atoms with Crippen LogP contribution in [0.15, 0.2) is 12.1 Å². The van der Waals surface area contributed by atoms with Gasteiger partial charge in [0.25, 0.3) is 16.1 Å². The summed E-state index contributed by atoms with van der Waals surface area (Å²) in [5.74, 6) is 0.245. The second-order valence-corrected chi connectivity index (χ2v) is 7.84. The van der Waals surface area contributed by atoms with Gasteiger partial charge in [0.2, 0.25) is 0 Å². The normalized spacial score (nSPS) is 18.1. The van der Waals surface area contributed by atoms with Gasteiger partial charge in [-0.2, -0.15) is 12.7 Å². The first-order valence-corrected chi connectivity index (χ1v) is 8.81. The highest BCUT2D eigenvalue weighted by Gasteiger charge is 2.25. The van der Waals surface area contributed by atoms with Crippen molar-refractivity contribution in [3.05, 3.63) is 21.9 Å². The summed E-state index contributed by atoms with van der Waals surface area (Å²) in [5, 5.41) is 7.99. The number of nitrogens with two attached hydrogens (primary N) is 1. The quantitative estimate of drug-likeness (QED) is 0.856. The molecule has 0 aromatic carbocycles. The Bertz CT molecular complexity index is 575. The molecule has 0 unspecified atom stereocenters. The number of hydrogen-bond acceptors (Lipinski definition) is 4. The van der Waals surface area contributed by atoms with Crippen LogP contribution in [0.3, 0.4) is 0 Å². The maximum atomic E-state index is 11.9. The van der Waals surface area contributed by atoms with Crippen molar-refractivity contribution in [3.63, 3.8) is 0 Å². The second kappa shape index (κ2) is 6.21. The number of rotatable bonds is 4. The Morgan fingerprint density at radius 3 is 2.60 bits per heavy atom. The maximum Gasteiger partial charge on any atom is 0.276 e. The molecule has 112 valence electrons. The highest BCUT2D eigenvalue weighted by Crippen LogP contribution is 2.18. The van der Waals surface area contributed by atoms with Crippen molar-refractivity contribution in [2.75, 3.05) is 19.6 Å². The fourth-order valence-corrected chi connectivity index (χ4v) is 3.75. The number of nitrogens with zero attached hydrogens (tertiary/aromatic N) is 1. The summed E-state index contributed by atoms with van der Waals surface area (Å²) in [7, 11) is -3.57. The van der Waals surface area contributed by atoms with E-state index in [2.05, 4.69) is 5.32 Å². The summed E-state index contributed by atoms with van der Waals surface area (Å²) in [5.41, 5.74) is 0. The van der Waals surface area contributed by atoms with Gasteiger partial charge in [-0.1, -0.05) is 0 Å². The number of carbonyl (C=O) groups is 1. The lowest BCUT2D eigenvalue weighted by Crippen LogP contribution is -2.44. The molecular formula is C12H19N3O3S2. The van der Waals surface area contributed by atoms with Crippen LogP contribution >= 0.6 is 11.3 Å². The van der Waals surface area contributed by atoms with Crippen LogP contribution < -0.4 is 10.5 Å². The Morgan fingerprint density at radius 1 is 1.45 bits per heavy atom. The Balaban J connectivity index is 1.78. The zero-order valence-corrected chi connectivity index (χ0v) is 13.0. The van der Waals surface area contributed by atoms with Gasteiger partial charge in [0.15, 0.2) is 0 Å². The van der Waals surface area contributed by atoms with Gasteiger partial charge < -0.3 is 5.32 Å². The SMILES string of the molecule is Cc1ccc(C(=O)NCC2CCN(S(N)(=O)=O)CC2)s1. The number of carbonyl (C=O) groups excluding carboxylic acids is 1. The molecule has 1 amide bonds. The van der Waals surface area contributed by atoms with Gasteiger partial charge >= 0.3 is 0 Å². The van der Waals surface area contributed by atoms with Gasteiger partial charge in [0, 0.05) is 24.5 Å². The van der Waals surface area contributed by atoms with Crippen molar-refractivity contribution in [2.45, 2.75) is 19.8 Å². The molecule has 1 aromatic rings. The third kappa shape index (κ3) is 4.02. The molecule has 1 aromatic heterocycles. The second-order valence-electron chi connectivity index (χ2n) is 5.01. The summed E-state index contributed by atoms with van der Waals surface area (Å²) in [6.07, 6.45) is 1.44. The average Bonchev–Trinajstić information content (AvgIpc) is 2.82. The molecule has 2 rings (SSSR count). The minimum atomic E-state index is -3.57. The van der Waals surface area contributed by atoms with Crippen LogP contribution in [0.1, 0.15) is 27.4 Å². The van der Waals surface area contributed by atoms with Gasteiger partial charge in [-0.25, -0.2) is 5.14 Å². The molecule has 0 radical (unpaired) electrons. The fourth-order valence-electron chi connectivity index (χ4n) is 2.25. The van der Waals surface area contributed by atoms with E-state index in [4.69, 9.17) is 5.14 Å². The third-order valence-corrected chi connectivity index (χ3v) is 5.53. The monoisotopic (exact) mass is 317 g/mol. The van der Waals surface area contributed by atoms with E-state index in [-0.39, 0.29) is 5.91 Å². The minimum Gasteiger partial charge on any atom is -0.351 e. The van der Waals surface area contributed by atoms with E-state index in [1.54, 1.807) is 0 Å². The van der Waals surface area contributed by atoms with Crippen LogP contribution in [0.2, 0.25) is 0 Å². The molecule has 20 heavy (non-hydrogen) atoms. The largest absolute Gasteiger partial charge is 0.351 e. The van der Waals surface area contributed by atoms with Gasteiger partial charge in [-0.3, -0.25) is 4.79 Å². The molecule has 0 saturated carbocycles. The molecule has 2 heterocycles. The van der Waals surface area contributed by atoms with Gasteiger partial charge in [-0.05, 0) is 37.8 Å². The Labute approximate surface area is 123 Å². The lowest BCUT2D eigenvalue weighted by molar-refractivity contribution is 0.0945. The third-order valence-electron chi connectivity index (χ3n) is 3.45. The molecule has 0 bridgehead atoms. The van der Waals surface area contributed by atoms with Gasteiger partial charge in [0.05, 0.1) is 4.88 Å². The summed E-state index contributed by atoms with van der Waals surface area (Å²) >= 11 is 1.47. The summed E-state index contributed by atoms with van der Waals surface area (Å²) in [6, 6.07) is 3.74. The average molecular weight is 317 g/mol. The van der Waals surface area contributed by atoms with E-state index in [1.807, 2.05) is 19.1 Å². The van der Waals surface area contributed by atoms with Crippen LogP contribution in [0.5, 0.6) is 0 Å². The van der Waals surface area contributed by atoms with Gasteiger partial charge in [-0.15, -0.1) is 11.3 Å². The lowest BCUT2D eigenvalue weighted by atomic mass is 9.98. The Hall–Kier alpha value is -0.960. The first-order chi connectivity index (χ1) is 9.36. The maximum absolute atomic E-state index is 11.9. The molecule has 1 fully saturated rings. The molecule has 6 nitrogen and oxygen atoms in total. The van der Waals surface area contributed by atoms with E-state index < -0.39 is 10.2 Å². The highest BCUT2D eigenvalue weighted by atomic mass is 32.2. The predicted molar refractivity (Wildman–Crippen MR) is 78.8 cm³/mol. The molecule has 0 atom stereocenters. The summed E-state index contributed by atoms with van der Waals surface area (Å²) in [4.78, 5) is 13.7. The smallest absolute Gasteiger partial charge is 0.276 e. The number of amides is 1. The van der Waals surface area contributed by atoms with Crippen LogP contribution in [0.25, 0.3) is 0 Å². The molecule has 0 aliphatic carbocycles. The minimum absolute atomic E-state index is 0.0584. The molecule has 8 heteroatoms. The Morgan fingerprint density at radius 2 is 2.10 bits per heavy atom. The molecule has 0 spiro atoms. The summed E-state index contributed by atoms with van der Waals surface area (Å²) < 4.78 is 23.6. The molecular weight excluding hydrogens is 298 g/mol. The van der Waals surface area contributed by atoms with Crippen LogP contribution in [-0.4, -0.2) is 38.3 Å². The number of hydrogen-bond donors (Lipinski definition) is 2.